The number of carbonyl (C=O) groups is 3. The summed E-state index contributed by atoms with van der Waals surface area (Å²) >= 11 is 0. The maximum Gasteiger partial charge on any atom is 0.322 e. The summed E-state index contributed by atoms with van der Waals surface area (Å²) < 4.78 is 0. The summed E-state index contributed by atoms with van der Waals surface area (Å²) in [5, 5.41) is 4.94. The minimum atomic E-state index is -0.809. The van der Waals surface area contributed by atoms with Gasteiger partial charge in [0.1, 0.15) is 5.54 Å². The van der Waals surface area contributed by atoms with Crippen molar-refractivity contribution in [1.29, 1.82) is 0 Å². The van der Waals surface area contributed by atoms with Crippen molar-refractivity contribution in [3.63, 3.8) is 0 Å². The van der Waals surface area contributed by atoms with Crippen LogP contribution in [0.2, 0.25) is 0 Å². The molecule has 0 aliphatic carbocycles. The number of likely N-dealkylation sites (tertiary alicyclic amines) is 1. The maximum absolute atomic E-state index is 12.1. The quantitative estimate of drug-likeness (QED) is 0.565. The molecule has 0 aromatic heterocycles. The van der Waals surface area contributed by atoms with Crippen LogP contribution in [0.3, 0.4) is 0 Å². The number of rotatable bonds is 2. The van der Waals surface area contributed by atoms with Crippen molar-refractivity contribution >= 4 is 17.8 Å². The Morgan fingerprint density at radius 1 is 1.37 bits per heavy atom. The first kappa shape index (κ1) is 13.6. The van der Waals surface area contributed by atoms with Crippen LogP contribution in [0.5, 0.6) is 0 Å². The van der Waals surface area contributed by atoms with E-state index < -0.39 is 11.6 Å². The molecule has 0 saturated carbocycles. The number of nitrogens with one attached hydrogen (secondary N) is 2. The zero-order valence-electron chi connectivity index (χ0n) is 11.3. The predicted octanol–water partition coefficient (Wildman–Crippen LogP) is 0.543. The summed E-state index contributed by atoms with van der Waals surface area (Å²) in [5.74, 6) is -0.258. The largest absolute Gasteiger partial charge is 0.339 e. The average molecular weight is 265 g/mol. The van der Waals surface area contributed by atoms with E-state index in [4.69, 9.17) is 0 Å². The molecule has 0 aromatic carbocycles. The van der Waals surface area contributed by atoms with Gasteiger partial charge in [0.2, 0.25) is 5.91 Å². The molecule has 2 rings (SSSR count). The maximum atomic E-state index is 12.1. The molecular weight excluding hydrogens is 246 g/mol. The zero-order valence-corrected chi connectivity index (χ0v) is 11.3. The molecule has 6 nitrogen and oxygen atoms in total. The van der Waals surface area contributed by atoms with Gasteiger partial charge in [-0.3, -0.25) is 14.9 Å². The van der Waals surface area contributed by atoms with Crippen molar-refractivity contribution in [2.45, 2.75) is 38.6 Å². The molecule has 2 N–H and O–H groups in total. The summed E-state index contributed by atoms with van der Waals surface area (Å²) in [6.45, 7) is 4.77. The van der Waals surface area contributed by atoms with Crippen molar-refractivity contribution in [1.82, 2.24) is 15.5 Å². The van der Waals surface area contributed by atoms with E-state index in [0.29, 0.717) is 25.9 Å². The van der Waals surface area contributed by atoms with Gasteiger partial charge < -0.3 is 10.2 Å². The number of imide groups is 1. The molecule has 2 fully saturated rings. The SMILES string of the molecule is CCC=C(C)C(=O)N1CCC2(CC1)NC(=O)NC2=O. The number of carbonyl (C=O) groups excluding carboxylic acids is 3. The van der Waals surface area contributed by atoms with Crippen LogP contribution < -0.4 is 10.6 Å². The van der Waals surface area contributed by atoms with Crippen molar-refractivity contribution < 1.29 is 14.4 Å². The van der Waals surface area contributed by atoms with E-state index in [0.717, 1.165) is 12.0 Å². The summed E-state index contributed by atoms with van der Waals surface area (Å²) in [6, 6.07) is -0.438. The van der Waals surface area contributed by atoms with E-state index in [1.165, 1.54) is 0 Å². The second-order valence-electron chi connectivity index (χ2n) is 5.08. The lowest BCUT2D eigenvalue weighted by atomic mass is 9.87. The Morgan fingerprint density at radius 3 is 2.47 bits per heavy atom. The third kappa shape index (κ3) is 2.47. The van der Waals surface area contributed by atoms with Crippen LogP contribution in [-0.4, -0.2) is 41.4 Å². The standard InChI is InChI=1S/C13H19N3O3/c1-3-4-9(2)10(17)16-7-5-13(6-8-16)11(18)14-12(19)15-13/h4H,3,5-8H2,1-2H3,(H2,14,15,18,19). The fraction of sp³-hybridized carbons (Fsp3) is 0.615. The molecule has 1 spiro atoms. The van der Waals surface area contributed by atoms with Crippen molar-refractivity contribution in [3.8, 4) is 0 Å². The monoisotopic (exact) mass is 265 g/mol. The highest BCUT2D eigenvalue weighted by molar-refractivity contribution is 6.07. The van der Waals surface area contributed by atoms with Crippen molar-refractivity contribution in [2.24, 2.45) is 0 Å². The van der Waals surface area contributed by atoms with Crippen LogP contribution in [0, 0.1) is 0 Å². The molecule has 2 saturated heterocycles. The minimum Gasteiger partial charge on any atom is -0.339 e. The normalized spacial score (nSPS) is 22.4. The Bertz CT molecular complexity index is 448. The van der Waals surface area contributed by atoms with E-state index in [1.54, 1.807) is 11.8 Å². The van der Waals surface area contributed by atoms with Gasteiger partial charge in [-0.1, -0.05) is 13.0 Å². The number of urea groups is 1. The van der Waals surface area contributed by atoms with Crippen LogP contribution in [-0.2, 0) is 9.59 Å². The number of piperidine rings is 1. The molecule has 2 aliphatic heterocycles. The highest BCUT2D eigenvalue weighted by atomic mass is 16.2. The lowest BCUT2D eigenvalue weighted by molar-refractivity contribution is -0.132. The number of hydrogen-bond donors (Lipinski definition) is 2. The van der Waals surface area contributed by atoms with Crippen LogP contribution in [0.1, 0.15) is 33.1 Å². The lowest BCUT2D eigenvalue weighted by Gasteiger charge is -2.37. The summed E-state index contributed by atoms with van der Waals surface area (Å²) in [6.07, 6.45) is 3.66. The number of hydrogen-bond acceptors (Lipinski definition) is 3. The van der Waals surface area contributed by atoms with E-state index in [-0.39, 0.29) is 11.8 Å². The van der Waals surface area contributed by atoms with Crippen molar-refractivity contribution in [2.75, 3.05) is 13.1 Å². The summed E-state index contributed by atoms with van der Waals surface area (Å²) in [4.78, 5) is 36.8. The van der Waals surface area contributed by atoms with Crippen LogP contribution in [0.4, 0.5) is 4.79 Å². The van der Waals surface area contributed by atoms with Crippen molar-refractivity contribution in [3.05, 3.63) is 11.6 Å². The second-order valence-corrected chi connectivity index (χ2v) is 5.08. The molecule has 0 atom stereocenters. The van der Waals surface area contributed by atoms with Gasteiger partial charge in [-0.15, -0.1) is 0 Å². The average Bonchev–Trinajstić information content (AvgIpc) is 2.64. The molecule has 6 heteroatoms. The molecule has 2 heterocycles. The van der Waals surface area contributed by atoms with E-state index in [1.807, 2.05) is 13.0 Å². The number of allylic oxidation sites excluding steroid dienone is 1. The van der Waals surface area contributed by atoms with Gasteiger partial charge in [-0.2, -0.15) is 0 Å². The fourth-order valence-corrected chi connectivity index (χ4v) is 2.61. The molecular formula is C13H19N3O3. The molecule has 0 bridgehead atoms. The lowest BCUT2D eigenvalue weighted by Crippen LogP contribution is -2.55. The minimum absolute atomic E-state index is 0.0152. The molecule has 4 amide bonds. The Kier molecular flexibility index (Phi) is 3.59. The van der Waals surface area contributed by atoms with E-state index in [2.05, 4.69) is 10.6 Å². The number of nitrogens with zero attached hydrogens (tertiary/aromatic N) is 1. The van der Waals surface area contributed by atoms with E-state index in [9.17, 15) is 14.4 Å². The highest BCUT2D eigenvalue weighted by Gasteiger charge is 2.48. The smallest absolute Gasteiger partial charge is 0.322 e. The molecule has 104 valence electrons. The molecule has 0 aromatic rings. The van der Waals surface area contributed by atoms with Gasteiger partial charge >= 0.3 is 6.03 Å². The first-order valence-corrected chi connectivity index (χ1v) is 6.58. The van der Waals surface area contributed by atoms with Crippen LogP contribution in [0.15, 0.2) is 11.6 Å². The summed E-state index contributed by atoms with van der Waals surface area (Å²) in [5.41, 5.74) is -0.0747. The first-order valence-electron chi connectivity index (χ1n) is 6.58. The fourth-order valence-electron chi connectivity index (χ4n) is 2.61. The van der Waals surface area contributed by atoms with Crippen LogP contribution >= 0.6 is 0 Å². The van der Waals surface area contributed by atoms with Gasteiger partial charge in [0.05, 0.1) is 0 Å². The molecule has 0 unspecified atom stereocenters. The van der Waals surface area contributed by atoms with Gasteiger partial charge in [-0.05, 0) is 26.2 Å². The van der Waals surface area contributed by atoms with Gasteiger partial charge in [0.25, 0.3) is 5.91 Å². The first-order chi connectivity index (χ1) is 8.98. The molecule has 2 aliphatic rings. The third-order valence-electron chi connectivity index (χ3n) is 3.77. The Labute approximate surface area is 112 Å². The zero-order chi connectivity index (χ0) is 14.0. The predicted molar refractivity (Wildman–Crippen MR) is 69.3 cm³/mol. The molecule has 19 heavy (non-hydrogen) atoms. The Morgan fingerprint density at radius 2 is 2.00 bits per heavy atom. The Hall–Kier alpha value is -1.85. The second kappa shape index (κ2) is 5.03. The van der Waals surface area contributed by atoms with Gasteiger partial charge in [0, 0.05) is 18.7 Å². The summed E-state index contributed by atoms with van der Waals surface area (Å²) in [7, 11) is 0. The van der Waals surface area contributed by atoms with E-state index >= 15 is 0 Å². The number of amides is 4. The van der Waals surface area contributed by atoms with Gasteiger partial charge in [0.15, 0.2) is 0 Å². The van der Waals surface area contributed by atoms with Gasteiger partial charge in [-0.25, -0.2) is 4.79 Å². The Balaban J connectivity index is 2.00. The third-order valence-corrected chi connectivity index (χ3v) is 3.77. The molecule has 0 radical (unpaired) electrons. The highest BCUT2D eigenvalue weighted by Crippen LogP contribution is 2.26. The van der Waals surface area contributed by atoms with Crippen LogP contribution in [0.25, 0.3) is 0 Å². The topological polar surface area (TPSA) is 78.5 Å².